The van der Waals surface area contributed by atoms with E-state index >= 15 is 0 Å². The van der Waals surface area contributed by atoms with Gasteiger partial charge in [-0.1, -0.05) is 11.3 Å². The van der Waals surface area contributed by atoms with Crippen molar-refractivity contribution < 1.29 is 9.90 Å². The monoisotopic (exact) mass is 374 g/mol. The number of hydrogen-bond acceptors (Lipinski definition) is 7. The van der Waals surface area contributed by atoms with Gasteiger partial charge in [-0.25, -0.2) is 9.97 Å². The van der Waals surface area contributed by atoms with Crippen LogP contribution in [0.5, 0.6) is 0 Å². The van der Waals surface area contributed by atoms with Crippen LogP contribution in [-0.4, -0.2) is 64.7 Å². The second-order valence-corrected chi connectivity index (χ2v) is 7.26. The average Bonchev–Trinajstić information content (AvgIpc) is 3.22. The quantitative estimate of drug-likeness (QED) is 0.589. The summed E-state index contributed by atoms with van der Waals surface area (Å²) < 4.78 is 0. The van der Waals surface area contributed by atoms with Gasteiger partial charge in [-0.15, -0.1) is 0 Å². The standard InChI is InChI=1S/C16H20N6S.CH2O2/c1-10-7-11(22-5-3-21(2)4-6-22)8-12-14(10)20-15(19-12)13-9-18-16(17)23-13;2-1-3/h7-9H,3-6H2,1-2H3,(H2,17,18)(H,19,20);1H,(H,2,3). The second-order valence-electron chi connectivity index (χ2n) is 6.20. The van der Waals surface area contributed by atoms with Gasteiger partial charge in [0.15, 0.2) is 5.13 Å². The minimum absolute atomic E-state index is 0.250. The third-order valence-electron chi connectivity index (χ3n) is 4.39. The van der Waals surface area contributed by atoms with Crippen LogP contribution in [0, 0.1) is 6.92 Å². The molecule has 9 heteroatoms. The van der Waals surface area contributed by atoms with Gasteiger partial charge in [0, 0.05) is 31.9 Å². The molecular weight excluding hydrogens is 352 g/mol. The van der Waals surface area contributed by atoms with E-state index in [-0.39, 0.29) is 6.47 Å². The van der Waals surface area contributed by atoms with Crippen LogP contribution in [0.3, 0.4) is 0 Å². The van der Waals surface area contributed by atoms with Crippen LogP contribution in [0.4, 0.5) is 10.8 Å². The lowest BCUT2D eigenvalue weighted by molar-refractivity contribution is -0.122. The summed E-state index contributed by atoms with van der Waals surface area (Å²) in [7, 11) is 2.17. The summed E-state index contributed by atoms with van der Waals surface area (Å²) in [4.78, 5) is 26.4. The molecule has 1 aliphatic heterocycles. The van der Waals surface area contributed by atoms with Crippen LogP contribution in [0.1, 0.15) is 5.56 Å². The number of H-pyrrole nitrogens is 1. The molecule has 2 aromatic heterocycles. The number of fused-ring (bicyclic) bond motifs is 1. The second kappa shape index (κ2) is 7.71. The summed E-state index contributed by atoms with van der Waals surface area (Å²) in [6, 6.07) is 4.44. The zero-order chi connectivity index (χ0) is 18.7. The van der Waals surface area contributed by atoms with Gasteiger partial charge in [0.2, 0.25) is 0 Å². The summed E-state index contributed by atoms with van der Waals surface area (Å²) in [6.07, 6.45) is 1.77. The Morgan fingerprint density at radius 3 is 2.62 bits per heavy atom. The minimum Gasteiger partial charge on any atom is -0.483 e. The van der Waals surface area contributed by atoms with Crippen molar-refractivity contribution in [2.24, 2.45) is 0 Å². The van der Waals surface area contributed by atoms with Gasteiger partial charge in [0.05, 0.1) is 22.1 Å². The molecule has 0 radical (unpaired) electrons. The Bertz CT molecular complexity index is 898. The molecule has 3 aromatic rings. The Kier molecular flexibility index (Phi) is 5.38. The molecule has 0 spiro atoms. The van der Waals surface area contributed by atoms with Crippen LogP contribution in [0.25, 0.3) is 21.7 Å². The molecule has 1 fully saturated rings. The molecule has 3 heterocycles. The molecule has 0 unspecified atom stereocenters. The number of nitrogens with two attached hydrogens (primary N) is 1. The first kappa shape index (κ1) is 18.2. The topological polar surface area (TPSA) is 111 Å². The average molecular weight is 374 g/mol. The van der Waals surface area contributed by atoms with Gasteiger partial charge in [0.25, 0.3) is 6.47 Å². The number of thiazole rings is 1. The molecule has 0 amide bonds. The fraction of sp³-hybridized carbons (Fsp3) is 0.353. The van der Waals surface area contributed by atoms with Crippen LogP contribution in [-0.2, 0) is 4.79 Å². The molecule has 138 valence electrons. The van der Waals surface area contributed by atoms with E-state index < -0.39 is 0 Å². The van der Waals surface area contributed by atoms with Crippen LogP contribution in [0.2, 0.25) is 0 Å². The molecule has 4 N–H and O–H groups in total. The van der Waals surface area contributed by atoms with Crippen molar-refractivity contribution in [3.8, 4) is 10.7 Å². The van der Waals surface area contributed by atoms with E-state index in [2.05, 4.69) is 45.9 Å². The fourth-order valence-electron chi connectivity index (χ4n) is 3.03. The molecule has 26 heavy (non-hydrogen) atoms. The van der Waals surface area contributed by atoms with E-state index in [4.69, 9.17) is 20.6 Å². The van der Waals surface area contributed by atoms with Crippen molar-refractivity contribution in [2.45, 2.75) is 6.92 Å². The molecule has 0 bridgehead atoms. The lowest BCUT2D eigenvalue weighted by Gasteiger charge is -2.34. The lowest BCUT2D eigenvalue weighted by Crippen LogP contribution is -2.44. The number of rotatable bonds is 2. The third-order valence-corrected chi connectivity index (χ3v) is 5.22. The van der Waals surface area contributed by atoms with Crippen molar-refractivity contribution in [3.05, 3.63) is 23.9 Å². The Hall–Kier alpha value is -2.65. The number of hydrogen-bond donors (Lipinski definition) is 3. The van der Waals surface area contributed by atoms with Gasteiger partial charge in [0.1, 0.15) is 5.82 Å². The van der Waals surface area contributed by atoms with Gasteiger partial charge < -0.3 is 25.6 Å². The molecule has 1 aliphatic rings. The van der Waals surface area contributed by atoms with Crippen molar-refractivity contribution >= 4 is 39.7 Å². The van der Waals surface area contributed by atoms with Crippen molar-refractivity contribution in [1.29, 1.82) is 0 Å². The van der Waals surface area contributed by atoms with Gasteiger partial charge in [-0.05, 0) is 31.7 Å². The molecule has 8 nitrogen and oxygen atoms in total. The summed E-state index contributed by atoms with van der Waals surface area (Å²) in [5.74, 6) is 0.841. The third kappa shape index (κ3) is 3.78. The first-order chi connectivity index (χ1) is 12.5. The van der Waals surface area contributed by atoms with Crippen LogP contribution in [0.15, 0.2) is 18.3 Å². The van der Waals surface area contributed by atoms with Crippen molar-refractivity contribution in [3.63, 3.8) is 0 Å². The maximum Gasteiger partial charge on any atom is 0.290 e. The number of aromatic nitrogens is 3. The highest BCUT2D eigenvalue weighted by atomic mass is 32.1. The number of aryl methyl sites for hydroxylation is 1. The number of aromatic amines is 1. The van der Waals surface area contributed by atoms with E-state index in [1.54, 1.807) is 6.20 Å². The molecule has 1 saturated heterocycles. The maximum absolute atomic E-state index is 8.36. The number of benzene rings is 1. The summed E-state index contributed by atoms with van der Waals surface area (Å²) in [5, 5.41) is 7.45. The van der Waals surface area contributed by atoms with Crippen molar-refractivity contribution in [1.82, 2.24) is 19.9 Å². The van der Waals surface area contributed by atoms with Gasteiger partial charge >= 0.3 is 0 Å². The number of piperazine rings is 1. The van der Waals surface area contributed by atoms with E-state index in [1.165, 1.54) is 22.6 Å². The van der Waals surface area contributed by atoms with E-state index in [0.717, 1.165) is 47.9 Å². The lowest BCUT2D eigenvalue weighted by atomic mass is 10.1. The number of anilines is 2. The first-order valence-corrected chi connectivity index (χ1v) is 9.07. The highest BCUT2D eigenvalue weighted by Crippen LogP contribution is 2.30. The number of nitrogens with zero attached hydrogens (tertiary/aromatic N) is 4. The SMILES string of the molecule is Cc1cc(N2CCN(C)CC2)cc2[nH]c(-c3cnc(N)s3)nc12.O=CO. The smallest absolute Gasteiger partial charge is 0.290 e. The number of carbonyl (C=O) groups is 1. The van der Waals surface area contributed by atoms with Gasteiger partial charge in [-0.3, -0.25) is 4.79 Å². The van der Waals surface area contributed by atoms with Crippen LogP contribution < -0.4 is 10.6 Å². The zero-order valence-electron chi connectivity index (χ0n) is 14.8. The first-order valence-electron chi connectivity index (χ1n) is 8.25. The predicted molar refractivity (Wildman–Crippen MR) is 105 cm³/mol. The van der Waals surface area contributed by atoms with Crippen molar-refractivity contribution in [2.75, 3.05) is 43.9 Å². The largest absolute Gasteiger partial charge is 0.483 e. The summed E-state index contributed by atoms with van der Waals surface area (Å²) in [5.41, 5.74) is 10.3. The van der Waals surface area contributed by atoms with Crippen LogP contribution >= 0.6 is 11.3 Å². The molecule has 4 rings (SSSR count). The Balaban J connectivity index is 0.000000613. The van der Waals surface area contributed by atoms with E-state index in [1.807, 2.05) is 0 Å². The highest BCUT2D eigenvalue weighted by molar-refractivity contribution is 7.18. The number of nitrogens with one attached hydrogen (secondary N) is 1. The fourth-order valence-corrected chi connectivity index (χ4v) is 3.66. The number of imidazole rings is 1. The Labute approximate surface area is 155 Å². The summed E-state index contributed by atoms with van der Waals surface area (Å²) in [6.45, 7) is 6.20. The minimum atomic E-state index is -0.250. The van der Waals surface area contributed by atoms with Gasteiger partial charge in [-0.2, -0.15) is 0 Å². The summed E-state index contributed by atoms with van der Waals surface area (Å²) >= 11 is 1.45. The Morgan fingerprint density at radius 1 is 1.31 bits per heavy atom. The van der Waals surface area contributed by atoms with E-state index in [0.29, 0.717) is 5.13 Å². The predicted octanol–water partition coefficient (Wildman–Crippen LogP) is 2.03. The molecule has 0 aliphatic carbocycles. The zero-order valence-corrected chi connectivity index (χ0v) is 15.6. The maximum atomic E-state index is 8.36. The number of nitrogen functional groups attached to an aromatic ring is 1. The normalized spacial score (nSPS) is 14.9. The number of likely N-dealkylation sites (N-methyl/N-ethyl adjacent to an activating group) is 1. The molecule has 0 atom stereocenters. The highest BCUT2D eigenvalue weighted by Gasteiger charge is 2.17. The molecule has 1 aromatic carbocycles. The molecular formula is C17H22N6O2S. The Morgan fingerprint density at radius 2 is 2.00 bits per heavy atom. The molecule has 0 saturated carbocycles. The number of carboxylic acid groups (broad SMARTS) is 1. The van der Waals surface area contributed by atoms with E-state index in [9.17, 15) is 0 Å².